The molecule has 0 bridgehead atoms. The summed E-state index contributed by atoms with van der Waals surface area (Å²) in [6, 6.07) is 16.5. The van der Waals surface area contributed by atoms with Crippen LogP contribution < -0.4 is 4.90 Å². The molecule has 5 rings (SSSR count). The molecule has 1 amide bonds. The number of allylic oxidation sites excluding steroid dienone is 1. The van der Waals surface area contributed by atoms with Gasteiger partial charge in [-0.3, -0.25) is 9.36 Å². The van der Waals surface area contributed by atoms with E-state index in [0.29, 0.717) is 55.2 Å². The van der Waals surface area contributed by atoms with Crippen molar-refractivity contribution in [1.29, 1.82) is 0 Å². The Morgan fingerprint density at radius 3 is 2.62 bits per heavy atom. The number of rotatable bonds is 7. The first kappa shape index (κ1) is 22.2. The van der Waals surface area contributed by atoms with Crippen molar-refractivity contribution in [2.75, 3.05) is 36.8 Å². The molecule has 34 heavy (non-hydrogen) atoms. The number of anilines is 1. The first-order chi connectivity index (χ1) is 16.6. The van der Waals surface area contributed by atoms with E-state index in [1.807, 2.05) is 50.8 Å². The number of para-hydroxylation sites is 2. The summed E-state index contributed by atoms with van der Waals surface area (Å²) in [6.07, 6.45) is 1.77. The van der Waals surface area contributed by atoms with Gasteiger partial charge in [0.1, 0.15) is 11.4 Å². The molecule has 0 saturated carbocycles. The molecule has 1 saturated heterocycles. The summed E-state index contributed by atoms with van der Waals surface area (Å²) in [4.78, 5) is 16.7. The SMILES string of the molecule is C=CCn1c(SCC(=O)N2CCN(c3ccccc3F)CC2)nnc1-c1cc2ccccc2o1. The first-order valence-electron chi connectivity index (χ1n) is 11.1. The molecule has 3 heterocycles. The number of aromatic nitrogens is 3. The Balaban J connectivity index is 1.24. The van der Waals surface area contributed by atoms with E-state index in [-0.39, 0.29) is 17.5 Å². The Morgan fingerprint density at radius 2 is 1.85 bits per heavy atom. The average Bonchev–Trinajstić information content (AvgIpc) is 3.47. The number of thioether (sulfide) groups is 1. The molecular weight excluding hydrogens is 453 g/mol. The highest BCUT2D eigenvalue weighted by Gasteiger charge is 2.24. The van der Waals surface area contributed by atoms with Crippen LogP contribution >= 0.6 is 11.8 Å². The monoisotopic (exact) mass is 477 g/mol. The van der Waals surface area contributed by atoms with Crippen LogP contribution in [-0.2, 0) is 11.3 Å². The second-order valence-electron chi connectivity index (χ2n) is 7.96. The van der Waals surface area contributed by atoms with Gasteiger partial charge in [-0.2, -0.15) is 0 Å². The Hall–Kier alpha value is -3.59. The number of furan rings is 1. The minimum atomic E-state index is -0.236. The van der Waals surface area contributed by atoms with Gasteiger partial charge in [-0.1, -0.05) is 48.2 Å². The van der Waals surface area contributed by atoms with Crippen molar-refractivity contribution in [2.45, 2.75) is 11.7 Å². The molecule has 0 aliphatic carbocycles. The number of halogens is 1. The van der Waals surface area contributed by atoms with Crippen molar-refractivity contribution >= 4 is 34.3 Å². The highest BCUT2D eigenvalue weighted by atomic mass is 32.2. The Labute approximate surface area is 200 Å². The maximum Gasteiger partial charge on any atom is 0.233 e. The van der Waals surface area contributed by atoms with Gasteiger partial charge in [-0.15, -0.1) is 16.8 Å². The number of fused-ring (bicyclic) bond motifs is 1. The number of nitrogens with zero attached hydrogens (tertiary/aromatic N) is 5. The second-order valence-corrected chi connectivity index (χ2v) is 8.90. The highest BCUT2D eigenvalue weighted by molar-refractivity contribution is 7.99. The van der Waals surface area contributed by atoms with Crippen LogP contribution in [0.2, 0.25) is 0 Å². The normalized spacial score (nSPS) is 14.0. The van der Waals surface area contributed by atoms with E-state index < -0.39 is 0 Å². The van der Waals surface area contributed by atoms with Gasteiger partial charge in [0.2, 0.25) is 11.7 Å². The molecule has 9 heteroatoms. The third kappa shape index (κ3) is 4.43. The van der Waals surface area contributed by atoms with Gasteiger partial charge < -0.3 is 14.2 Å². The van der Waals surface area contributed by atoms with Gasteiger partial charge >= 0.3 is 0 Å². The lowest BCUT2D eigenvalue weighted by molar-refractivity contribution is -0.128. The molecule has 7 nitrogen and oxygen atoms in total. The average molecular weight is 478 g/mol. The van der Waals surface area contributed by atoms with Crippen LogP contribution in [-0.4, -0.2) is 57.5 Å². The summed E-state index contributed by atoms with van der Waals surface area (Å²) in [5.41, 5.74) is 1.36. The van der Waals surface area contributed by atoms with E-state index in [4.69, 9.17) is 4.42 Å². The maximum absolute atomic E-state index is 14.1. The number of carbonyl (C=O) groups excluding carboxylic acids is 1. The lowest BCUT2D eigenvalue weighted by Gasteiger charge is -2.36. The molecule has 4 aromatic rings. The van der Waals surface area contributed by atoms with Gasteiger partial charge in [0.25, 0.3) is 0 Å². The molecule has 0 radical (unpaired) electrons. The Morgan fingerprint density at radius 1 is 1.09 bits per heavy atom. The maximum atomic E-state index is 14.1. The molecule has 0 atom stereocenters. The smallest absolute Gasteiger partial charge is 0.233 e. The van der Waals surface area contributed by atoms with Gasteiger partial charge in [0.05, 0.1) is 11.4 Å². The minimum absolute atomic E-state index is 0.0247. The van der Waals surface area contributed by atoms with E-state index in [9.17, 15) is 9.18 Å². The zero-order valence-corrected chi connectivity index (χ0v) is 19.4. The minimum Gasteiger partial charge on any atom is -0.453 e. The second kappa shape index (κ2) is 9.72. The number of hydrogen-bond acceptors (Lipinski definition) is 6. The van der Waals surface area contributed by atoms with E-state index in [2.05, 4.69) is 16.8 Å². The molecule has 1 aliphatic heterocycles. The molecule has 0 spiro atoms. The zero-order chi connectivity index (χ0) is 23.5. The topological polar surface area (TPSA) is 67.4 Å². The Kier molecular flexibility index (Phi) is 6.35. The molecule has 0 N–H and O–H groups in total. The fourth-order valence-electron chi connectivity index (χ4n) is 4.09. The van der Waals surface area contributed by atoms with Crippen LogP contribution in [0.3, 0.4) is 0 Å². The largest absolute Gasteiger partial charge is 0.453 e. The van der Waals surface area contributed by atoms with Gasteiger partial charge in [0, 0.05) is 38.1 Å². The lowest BCUT2D eigenvalue weighted by atomic mass is 10.2. The van der Waals surface area contributed by atoms with Crippen molar-refractivity contribution in [1.82, 2.24) is 19.7 Å². The molecule has 2 aromatic heterocycles. The van der Waals surface area contributed by atoms with E-state index in [0.717, 1.165) is 11.0 Å². The van der Waals surface area contributed by atoms with Crippen LogP contribution in [0, 0.1) is 5.82 Å². The number of benzene rings is 2. The quantitative estimate of drug-likeness (QED) is 0.289. The van der Waals surface area contributed by atoms with Crippen LogP contribution in [0.5, 0.6) is 0 Å². The highest BCUT2D eigenvalue weighted by Crippen LogP contribution is 2.29. The predicted octanol–water partition coefficient (Wildman–Crippen LogP) is 4.46. The van der Waals surface area contributed by atoms with Crippen molar-refractivity contribution in [3.63, 3.8) is 0 Å². The van der Waals surface area contributed by atoms with Crippen molar-refractivity contribution in [3.05, 3.63) is 73.1 Å². The van der Waals surface area contributed by atoms with E-state index in [1.165, 1.54) is 17.8 Å². The fourth-order valence-corrected chi connectivity index (χ4v) is 4.94. The number of amides is 1. The van der Waals surface area contributed by atoms with Gasteiger partial charge in [-0.25, -0.2) is 4.39 Å². The fraction of sp³-hybridized carbons (Fsp3) is 0.240. The number of piperazine rings is 1. The standard InChI is InChI=1S/C25H24FN5O2S/c1-2-11-31-24(22-16-18-7-3-6-10-21(18)33-22)27-28-25(31)34-17-23(32)30-14-12-29(13-15-30)20-9-5-4-8-19(20)26/h2-10,16H,1,11-15,17H2. The van der Waals surface area contributed by atoms with Gasteiger partial charge in [0.15, 0.2) is 10.9 Å². The van der Waals surface area contributed by atoms with Crippen LogP contribution in [0.4, 0.5) is 10.1 Å². The summed E-state index contributed by atoms with van der Waals surface area (Å²) in [7, 11) is 0. The molecule has 0 unspecified atom stereocenters. The molecule has 1 aliphatic rings. The number of hydrogen-bond donors (Lipinski definition) is 0. The lowest BCUT2D eigenvalue weighted by Crippen LogP contribution is -2.49. The van der Waals surface area contributed by atoms with E-state index >= 15 is 0 Å². The van der Waals surface area contributed by atoms with Crippen molar-refractivity contribution in [3.8, 4) is 11.6 Å². The summed E-state index contributed by atoms with van der Waals surface area (Å²) >= 11 is 1.35. The van der Waals surface area contributed by atoms with Crippen LogP contribution in [0.25, 0.3) is 22.6 Å². The first-order valence-corrected chi connectivity index (χ1v) is 12.1. The number of carbonyl (C=O) groups is 1. The van der Waals surface area contributed by atoms with Gasteiger partial charge in [-0.05, 0) is 24.3 Å². The molecule has 1 fully saturated rings. The third-order valence-electron chi connectivity index (χ3n) is 5.82. The van der Waals surface area contributed by atoms with Crippen LogP contribution in [0.1, 0.15) is 0 Å². The predicted molar refractivity (Wildman–Crippen MR) is 131 cm³/mol. The summed E-state index contributed by atoms with van der Waals surface area (Å²) in [5.74, 6) is 1.26. The summed E-state index contributed by atoms with van der Waals surface area (Å²) in [5, 5.41) is 10.3. The van der Waals surface area contributed by atoms with Crippen LogP contribution in [0.15, 0.2) is 76.8 Å². The third-order valence-corrected chi connectivity index (χ3v) is 6.78. The van der Waals surface area contributed by atoms with Crippen molar-refractivity contribution in [2.24, 2.45) is 0 Å². The summed E-state index contributed by atoms with van der Waals surface area (Å²) in [6.45, 7) is 6.64. The van der Waals surface area contributed by atoms with Crippen molar-refractivity contribution < 1.29 is 13.6 Å². The molecule has 174 valence electrons. The molecule has 2 aromatic carbocycles. The summed E-state index contributed by atoms with van der Waals surface area (Å²) < 4.78 is 21.9. The zero-order valence-electron chi connectivity index (χ0n) is 18.6. The van der Waals surface area contributed by atoms with E-state index in [1.54, 1.807) is 18.2 Å². The molecular formula is C25H24FN5O2S. The Bertz CT molecular complexity index is 1290.